The molecule has 0 radical (unpaired) electrons. The van der Waals surface area contributed by atoms with E-state index >= 15 is 0 Å². The maximum absolute atomic E-state index is 2.53. The third kappa shape index (κ3) is 6.31. The molecular weight excluding hydrogens is 725 g/mol. The zero-order chi connectivity index (χ0) is 39.8. The first kappa shape index (κ1) is 35.5. The molecule has 10 aromatic rings. The van der Waals surface area contributed by atoms with E-state index in [0.29, 0.717) is 0 Å². The lowest BCUT2D eigenvalue weighted by Gasteiger charge is -2.27. The lowest BCUT2D eigenvalue weighted by Crippen LogP contribution is -2.10. The molecule has 0 N–H and O–H groups in total. The fourth-order valence-electron chi connectivity index (χ4n) is 9.28. The molecule has 0 unspecified atom stereocenters. The molecule has 0 fully saturated rings. The van der Waals surface area contributed by atoms with Crippen LogP contribution in [0.25, 0.3) is 77.9 Å². The van der Waals surface area contributed by atoms with E-state index in [2.05, 4.69) is 240 Å². The van der Waals surface area contributed by atoms with Crippen LogP contribution in [0, 0.1) is 0 Å². The van der Waals surface area contributed by atoms with Crippen LogP contribution in [0.5, 0.6) is 0 Å². The van der Waals surface area contributed by atoms with E-state index in [4.69, 9.17) is 0 Å². The smallest absolute Gasteiger partial charge is 0.0543 e. The second-order valence-corrected chi connectivity index (χ2v) is 15.6. The Balaban J connectivity index is 1.05. The van der Waals surface area contributed by atoms with Gasteiger partial charge >= 0.3 is 0 Å². The van der Waals surface area contributed by atoms with Gasteiger partial charge in [-0.1, -0.05) is 182 Å². The van der Waals surface area contributed by atoms with Gasteiger partial charge in [0.25, 0.3) is 0 Å². The van der Waals surface area contributed by atoms with Crippen LogP contribution >= 0.6 is 0 Å². The number of fused-ring (bicyclic) bond motifs is 4. The van der Waals surface area contributed by atoms with Crippen molar-refractivity contribution < 1.29 is 0 Å². The summed E-state index contributed by atoms with van der Waals surface area (Å²) in [5.74, 6) is 0. The lowest BCUT2D eigenvalue weighted by molar-refractivity contribution is 0.889. The fraction of sp³-hybridized carbons (Fsp3) is 0.0345. The number of benzene rings is 9. The van der Waals surface area contributed by atoms with Gasteiger partial charge in [-0.3, -0.25) is 0 Å². The lowest BCUT2D eigenvalue weighted by atomic mass is 9.92. The van der Waals surface area contributed by atoms with Crippen LogP contribution in [0.15, 0.2) is 224 Å². The minimum absolute atomic E-state index is 1.01. The van der Waals surface area contributed by atoms with E-state index < -0.39 is 0 Å². The Morgan fingerprint density at radius 1 is 0.400 bits per heavy atom. The Morgan fingerprint density at radius 2 is 0.983 bits per heavy atom. The standard InChI is InChI=1S/C58H42N2/c1-3-16-41(17-4-1)42-32-36-47(37-33-42)59(49-23-13-22-46(40-49)51-27-14-21-43-18-7-8-24-50(43)51)48-38-34-44(35-39-48)52-28-15-31-57(58(52)45-19-5-2-6-20-45)60-55-29-11-9-25-53(55)54-26-10-12-30-56(54)60/h1-11,13-29,31-40H,12,30H2. The van der Waals surface area contributed by atoms with Crippen molar-refractivity contribution in [2.75, 3.05) is 4.90 Å². The fourth-order valence-corrected chi connectivity index (χ4v) is 9.28. The summed E-state index contributed by atoms with van der Waals surface area (Å²) in [6.07, 6.45) is 6.69. The molecule has 0 spiro atoms. The average molecular weight is 767 g/mol. The van der Waals surface area contributed by atoms with Crippen LogP contribution in [0.1, 0.15) is 17.7 Å². The van der Waals surface area contributed by atoms with Gasteiger partial charge in [-0.05, 0) is 111 Å². The van der Waals surface area contributed by atoms with Crippen molar-refractivity contribution in [3.05, 3.63) is 236 Å². The molecule has 0 saturated carbocycles. The first-order chi connectivity index (χ1) is 29.8. The van der Waals surface area contributed by atoms with E-state index in [1.54, 1.807) is 0 Å². The summed E-state index contributed by atoms with van der Waals surface area (Å²) in [7, 11) is 0. The van der Waals surface area contributed by atoms with E-state index in [1.165, 1.54) is 83.1 Å². The average Bonchev–Trinajstić information content (AvgIpc) is 3.66. The molecular formula is C58H42N2. The topological polar surface area (TPSA) is 8.17 Å². The summed E-state index contributed by atoms with van der Waals surface area (Å²) in [6.45, 7) is 0. The summed E-state index contributed by atoms with van der Waals surface area (Å²) in [6, 6.07) is 79.5. The SMILES string of the molecule is C1=Cc2c(n(-c3cccc(-c4ccc(N(c5ccc(-c6ccccc6)cc5)c5cccc(-c6cccc7ccccc67)c5)cc4)c3-c3ccccc3)c3ccccc23)CC1. The summed E-state index contributed by atoms with van der Waals surface area (Å²) < 4.78 is 2.53. The molecule has 60 heavy (non-hydrogen) atoms. The van der Waals surface area contributed by atoms with Gasteiger partial charge in [-0.15, -0.1) is 0 Å². The number of hydrogen-bond acceptors (Lipinski definition) is 1. The Labute approximate surface area is 351 Å². The highest BCUT2D eigenvalue weighted by atomic mass is 15.1. The minimum Gasteiger partial charge on any atom is -0.312 e. The first-order valence-electron chi connectivity index (χ1n) is 20.9. The van der Waals surface area contributed by atoms with Gasteiger partial charge in [0, 0.05) is 39.3 Å². The molecule has 1 aliphatic carbocycles. The Bertz CT molecular complexity index is 3170. The largest absolute Gasteiger partial charge is 0.312 e. The monoisotopic (exact) mass is 766 g/mol. The van der Waals surface area contributed by atoms with Crippen molar-refractivity contribution in [2.24, 2.45) is 0 Å². The van der Waals surface area contributed by atoms with Crippen LogP contribution in [0.4, 0.5) is 17.1 Å². The highest BCUT2D eigenvalue weighted by Gasteiger charge is 2.23. The molecule has 1 aliphatic rings. The normalized spacial score (nSPS) is 12.1. The van der Waals surface area contributed by atoms with Crippen molar-refractivity contribution in [3.8, 4) is 50.2 Å². The Hall–Kier alpha value is -7.68. The van der Waals surface area contributed by atoms with E-state index in [-0.39, 0.29) is 0 Å². The van der Waals surface area contributed by atoms with E-state index in [0.717, 1.165) is 29.9 Å². The maximum Gasteiger partial charge on any atom is 0.0543 e. The van der Waals surface area contributed by atoms with Crippen LogP contribution in [-0.4, -0.2) is 4.57 Å². The Morgan fingerprint density at radius 3 is 1.77 bits per heavy atom. The predicted octanol–water partition coefficient (Wildman–Crippen LogP) is 15.9. The highest BCUT2D eigenvalue weighted by molar-refractivity contribution is 5.99. The van der Waals surface area contributed by atoms with Gasteiger partial charge in [0.1, 0.15) is 0 Å². The quantitative estimate of drug-likeness (QED) is 0.150. The van der Waals surface area contributed by atoms with Gasteiger partial charge < -0.3 is 9.47 Å². The van der Waals surface area contributed by atoms with E-state index in [1.807, 2.05) is 0 Å². The molecule has 2 heteroatoms. The van der Waals surface area contributed by atoms with Crippen LogP contribution < -0.4 is 4.90 Å². The second kappa shape index (κ2) is 15.2. The van der Waals surface area contributed by atoms with Crippen LogP contribution in [0.3, 0.4) is 0 Å². The molecule has 1 heterocycles. The molecule has 11 rings (SSSR count). The predicted molar refractivity (Wildman–Crippen MR) is 255 cm³/mol. The van der Waals surface area contributed by atoms with Gasteiger partial charge in [0.05, 0.1) is 11.2 Å². The number of hydrogen-bond donors (Lipinski definition) is 0. The molecule has 2 nitrogen and oxygen atoms in total. The number of allylic oxidation sites excluding steroid dienone is 1. The third-order valence-electron chi connectivity index (χ3n) is 12.1. The zero-order valence-electron chi connectivity index (χ0n) is 33.2. The van der Waals surface area contributed by atoms with Crippen molar-refractivity contribution in [2.45, 2.75) is 12.8 Å². The molecule has 0 saturated heterocycles. The molecule has 284 valence electrons. The van der Waals surface area contributed by atoms with E-state index in [9.17, 15) is 0 Å². The van der Waals surface area contributed by atoms with Gasteiger partial charge in [0.15, 0.2) is 0 Å². The second-order valence-electron chi connectivity index (χ2n) is 15.6. The van der Waals surface area contributed by atoms with Crippen LogP contribution in [0.2, 0.25) is 0 Å². The van der Waals surface area contributed by atoms with Crippen molar-refractivity contribution in [1.82, 2.24) is 4.57 Å². The summed E-state index contributed by atoms with van der Waals surface area (Å²) in [5.41, 5.74) is 18.1. The van der Waals surface area contributed by atoms with Gasteiger partial charge in [-0.2, -0.15) is 0 Å². The number of para-hydroxylation sites is 1. The Kier molecular flexibility index (Phi) is 9.02. The van der Waals surface area contributed by atoms with Crippen molar-refractivity contribution in [3.63, 3.8) is 0 Å². The first-order valence-corrected chi connectivity index (χ1v) is 20.9. The number of aromatic nitrogens is 1. The van der Waals surface area contributed by atoms with Gasteiger partial charge in [-0.25, -0.2) is 0 Å². The number of rotatable bonds is 8. The number of nitrogens with zero attached hydrogens (tertiary/aromatic N) is 2. The maximum atomic E-state index is 2.53. The third-order valence-corrected chi connectivity index (χ3v) is 12.1. The summed E-state index contributed by atoms with van der Waals surface area (Å²) in [5, 5.41) is 3.80. The molecule has 1 aromatic heterocycles. The van der Waals surface area contributed by atoms with Gasteiger partial charge in [0.2, 0.25) is 0 Å². The molecule has 0 amide bonds. The highest BCUT2D eigenvalue weighted by Crippen LogP contribution is 2.44. The number of anilines is 3. The summed E-state index contributed by atoms with van der Waals surface area (Å²) in [4.78, 5) is 2.38. The molecule has 0 atom stereocenters. The van der Waals surface area contributed by atoms with Crippen LogP contribution in [-0.2, 0) is 6.42 Å². The van der Waals surface area contributed by atoms with Crippen molar-refractivity contribution in [1.29, 1.82) is 0 Å². The molecule has 0 aliphatic heterocycles. The molecule has 0 bridgehead atoms. The molecule has 9 aromatic carbocycles. The summed E-state index contributed by atoms with van der Waals surface area (Å²) >= 11 is 0. The zero-order valence-corrected chi connectivity index (χ0v) is 33.2. The van der Waals surface area contributed by atoms with Crippen molar-refractivity contribution >= 4 is 44.8 Å². The minimum atomic E-state index is 1.01.